The van der Waals surface area contributed by atoms with Crippen LogP contribution in [0.2, 0.25) is 0 Å². The highest BCUT2D eigenvalue weighted by Crippen LogP contribution is 2.14. The van der Waals surface area contributed by atoms with Crippen molar-refractivity contribution in [3.05, 3.63) is 34.3 Å². The van der Waals surface area contributed by atoms with Gasteiger partial charge in [0.05, 0.1) is 5.52 Å². The van der Waals surface area contributed by atoms with Crippen molar-refractivity contribution in [2.24, 2.45) is 7.05 Å². The van der Waals surface area contributed by atoms with Crippen LogP contribution in [0, 0.1) is 12.0 Å². The molecule has 0 aliphatic rings. The van der Waals surface area contributed by atoms with Gasteiger partial charge in [-0.05, 0) is 24.1 Å². The molecule has 5 nitrogen and oxygen atoms in total. The molecule has 0 unspecified atom stereocenters. The summed E-state index contributed by atoms with van der Waals surface area (Å²) in [5.41, 5.74) is 1.48. The first-order chi connectivity index (χ1) is 8.49. The van der Waals surface area contributed by atoms with Crippen LogP contribution < -0.4 is 5.76 Å². The summed E-state index contributed by atoms with van der Waals surface area (Å²) in [5.74, 6) is 1.77. The molecular weight excluding hydrogens is 232 g/mol. The van der Waals surface area contributed by atoms with E-state index in [1.807, 2.05) is 0 Å². The van der Waals surface area contributed by atoms with E-state index in [1.54, 1.807) is 44.2 Å². The smallest absolute Gasteiger partial charge is 0.408 e. The number of rotatable bonds is 1. The highest BCUT2D eigenvalue weighted by Gasteiger charge is 2.09. The topological polar surface area (TPSA) is 55.5 Å². The summed E-state index contributed by atoms with van der Waals surface area (Å²) >= 11 is 0. The van der Waals surface area contributed by atoms with E-state index in [1.165, 1.54) is 4.57 Å². The van der Waals surface area contributed by atoms with E-state index >= 15 is 0 Å². The number of carbonyl (C=O) groups excluding carboxylic acids is 1. The predicted octanol–water partition coefficient (Wildman–Crippen LogP) is 0.837. The molecule has 0 atom stereocenters. The molecule has 0 saturated carbocycles. The van der Waals surface area contributed by atoms with Crippen LogP contribution in [0.1, 0.15) is 10.4 Å². The Morgan fingerprint density at radius 3 is 2.78 bits per heavy atom. The third-order valence-corrected chi connectivity index (χ3v) is 2.45. The molecule has 18 heavy (non-hydrogen) atoms. The first-order valence-corrected chi connectivity index (χ1v) is 5.32. The van der Waals surface area contributed by atoms with Crippen molar-refractivity contribution in [3.8, 4) is 12.0 Å². The van der Waals surface area contributed by atoms with Gasteiger partial charge in [-0.3, -0.25) is 9.36 Å². The van der Waals surface area contributed by atoms with Crippen LogP contribution in [-0.4, -0.2) is 29.3 Å². The van der Waals surface area contributed by atoms with Crippen LogP contribution in [-0.2, 0) is 7.05 Å². The van der Waals surface area contributed by atoms with E-state index in [0.29, 0.717) is 16.7 Å². The van der Waals surface area contributed by atoms with E-state index in [0.717, 1.165) is 0 Å². The summed E-state index contributed by atoms with van der Waals surface area (Å²) in [6, 6.07) is 7.45. The Kier molecular flexibility index (Phi) is 2.94. The van der Waals surface area contributed by atoms with Gasteiger partial charge in [0.2, 0.25) is 5.78 Å². The molecule has 0 bridgehead atoms. The Balaban J connectivity index is 2.48. The molecule has 0 aliphatic heterocycles. The maximum absolute atomic E-state index is 11.8. The average Bonchev–Trinajstić information content (AvgIpc) is 2.62. The standard InChI is InChI=1S/C13H12N2O3/c1-14(2)7-6-11(16)9-4-5-12-10(8-9)15(3)13(17)18-12/h4-5,8H,1-3H3. The molecule has 0 amide bonds. The minimum atomic E-state index is -0.450. The largest absolute Gasteiger partial charge is 0.419 e. The minimum Gasteiger partial charge on any atom is -0.408 e. The molecule has 92 valence electrons. The van der Waals surface area contributed by atoms with Gasteiger partial charge in [0.15, 0.2) is 5.58 Å². The summed E-state index contributed by atoms with van der Waals surface area (Å²) in [6.45, 7) is 0. The predicted molar refractivity (Wildman–Crippen MR) is 67.2 cm³/mol. The Morgan fingerprint density at radius 2 is 2.11 bits per heavy atom. The fourth-order valence-electron chi connectivity index (χ4n) is 1.50. The second kappa shape index (κ2) is 4.41. The second-order valence-corrected chi connectivity index (χ2v) is 4.07. The van der Waals surface area contributed by atoms with Crippen LogP contribution >= 0.6 is 0 Å². The van der Waals surface area contributed by atoms with E-state index in [-0.39, 0.29) is 5.78 Å². The van der Waals surface area contributed by atoms with Gasteiger partial charge in [0.25, 0.3) is 0 Å². The summed E-state index contributed by atoms with van der Waals surface area (Å²) < 4.78 is 6.34. The highest BCUT2D eigenvalue weighted by molar-refractivity contribution is 6.10. The first kappa shape index (κ1) is 12.0. The lowest BCUT2D eigenvalue weighted by molar-refractivity contribution is 0.105. The number of carbonyl (C=O) groups is 1. The van der Waals surface area contributed by atoms with Crippen molar-refractivity contribution in [3.63, 3.8) is 0 Å². The summed E-state index contributed by atoms with van der Waals surface area (Å²) in [7, 11) is 5.10. The van der Waals surface area contributed by atoms with Gasteiger partial charge in [-0.1, -0.05) is 0 Å². The minimum absolute atomic E-state index is 0.292. The van der Waals surface area contributed by atoms with Crippen LogP contribution in [0.25, 0.3) is 11.1 Å². The molecular formula is C13H12N2O3. The van der Waals surface area contributed by atoms with E-state index in [4.69, 9.17) is 4.42 Å². The normalized spacial score (nSPS) is 9.94. The van der Waals surface area contributed by atoms with Crippen molar-refractivity contribution in [1.82, 2.24) is 9.47 Å². The van der Waals surface area contributed by atoms with Gasteiger partial charge in [0.1, 0.15) is 0 Å². The fourth-order valence-corrected chi connectivity index (χ4v) is 1.50. The molecule has 1 aromatic heterocycles. The molecule has 2 aromatic rings. The average molecular weight is 244 g/mol. The van der Waals surface area contributed by atoms with Gasteiger partial charge in [0, 0.05) is 32.8 Å². The third kappa shape index (κ3) is 2.13. The van der Waals surface area contributed by atoms with Crippen LogP contribution in [0.5, 0.6) is 0 Å². The summed E-state index contributed by atoms with van der Waals surface area (Å²) in [4.78, 5) is 24.7. The van der Waals surface area contributed by atoms with Gasteiger partial charge in [-0.2, -0.15) is 0 Å². The molecule has 0 spiro atoms. The van der Waals surface area contributed by atoms with Gasteiger partial charge in [-0.25, -0.2) is 4.79 Å². The number of Topliss-reactive ketones (excluding diaryl/α,β-unsaturated/α-hetero) is 1. The zero-order chi connectivity index (χ0) is 13.3. The van der Waals surface area contributed by atoms with Gasteiger partial charge >= 0.3 is 5.76 Å². The molecule has 0 saturated heterocycles. The maximum atomic E-state index is 11.8. The Hall–Kier alpha value is -2.48. The van der Waals surface area contributed by atoms with E-state index in [2.05, 4.69) is 12.0 Å². The monoisotopic (exact) mass is 244 g/mol. The van der Waals surface area contributed by atoms with E-state index in [9.17, 15) is 9.59 Å². The summed E-state index contributed by atoms with van der Waals surface area (Å²) in [6.07, 6.45) is 0. The second-order valence-electron chi connectivity index (χ2n) is 4.07. The van der Waals surface area contributed by atoms with E-state index < -0.39 is 5.76 Å². The SMILES string of the molecule is CN(C)C#CC(=O)c1ccc2oc(=O)n(C)c2c1. The van der Waals surface area contributed by atoms with Crippen molar-refractivity contribution in [1.29, 1.82) is 0 Å². The molecule has 0 aliphatic carbocycles. The van der Waals surface area contributed by atoms with Gasteiger partial charge in [-0.15, -0.1) is 0 Å². The molecule has 0 radical (unpaired) electrons. The molecule has 1 heterocycles. The first-order valence-electron chi connectivity index (χ1n) is 5.32. The van der Waals surface area contributed by atoms with Crippen molar-refractivity contribution >= 4 is 16.9 Å². The quantitative estimate of drug-likeness (QED) is 0.423. The lowest BCUT2D eigenvalue weighted by atomic mass is 10.1. The zero-order valence-corrected chi connectivity index (χ0v) is 10.4. The lowest BCUT2D eigenvalue weighted by Gasteiger charge is -1.98. The van der Waals surface area contributed by atoms with Gasteiger partial charge < -0.3 is 9.32 Å². The van der Waals surface area contributed by atoms with Crippen LogP contribution in [0.3, 0.4) is 0 Å². The Labute approximate surface area is 104 Å². The Morgan fingerprint density at radius 1 is 1.39 bits per heavy atom. The van der Waals surface area contributed by atoms with Crippen molar-refractivity contribution < 1.29 is 9.21 Å². The number of benzene rings is 1. The maximum Gasteiger partial charge on any atom is 0.419 e. The van der Waals surface area contributed by atoms with Crippen LogP contribution in [0.4, 0.5) is 0 Å². The summed E-state index contributed by atoms with van der Waals surface area (Å²) in [5, 5.41) is 0. The zero-order valence-electron chi connectivity index (χ0n) is 10.4. The third-order valence-electron chi connectivity index (χ3n) is 2.45. The lowest BCUT2D eigenvalue weighted by Crippen LogP contribution is -2.08. The number of hydrogen-bond acceptors (Lipinski definition) is 4. The molecule has 5 heteroatoms. The highest BCUT2D eigenvalue weighted by atomic mass is 16.4. The Bertz CT molecular complexity index is 726. The number of nitrogens with zero attached hydrogens (tertiary/aromatic N) is 2. The number of ketones is 1. The molecule has 0 N–H and O–H groups in total. The van der Waals surface area contributed by atoms with Crippen molar-refractivity contribution in [2.45, 2.75) is 0 Å². The number of aromatic nitrogens is 1. The van der Waals surface area contributed by atoms with Crippen LogP contribution in [0.15, 0.2) is 27.4 Å². The molecule has 1 aromatic carbocycles. The molecule has 2 rings (SSSR count). The molecule has 0 fully saturated rings. The van der Waals surface area contributed by atoms with Crippen molar-refractivity contribution in [2.75, 3.05) is 14.1 Å². The number of fused-ring (bicyclic) bond motifs is 1. The fraction of sp³-hybridized carbons (Fsp3) is 0.231. The number of aryl methyl sites for hydroxylation is 1. The number of oxazole rings is 1. The number of hydrogen-bond donors (Lipinski definition) is 0.